The third-order valence-electron chi connectivity index (χ3n) is 2.87. The lowest BCUT2D eigenvalue weighted by Gasteiger charge is -2.05. The summed E-state index contributed by atoms with van der Waals surface area (Å²) in [5.74, 6) is 0.471. The van der Waals surface area contributed by atoms with Crippen LogP contribution in [0.5, 0.6) is 0 Å². The van der Waals surface area contributed by atoms with Gasteiger partial charge in [0.05, 0.1) is 29.3 Å². The first kappa shape index (κ1) is 13.1. The predicted octanol–water partition coefficient (Wildman–Crippen LogP) is 0.695. The normalized spacial score (nSPS) is 10.7. The first-order chi connectivity index (χ1) is 8.97. The zero-order valence-corrected chi connectivity index (χ0v) is 11.2. The van der Waals surface area contributed by atoms with E-state index in [2.05, 4.69) is 15.6 Å². The number of nitrogen functional groups attached to an aromatic ring is 1. The van der Waals surface area contributed by atoms with Crippen molar-refractivity contribution < 1.29 is 9.32 Å². The molecule has 0 aliphatic rings. The summed E-state index contributed by atoms with van der Waals surface area (Å²) in [6.07, 6.45) is 0. The third-order valence-corrected chi connectivity index (χ3v) is 2.87. The van der Waals surface area contributed by atoms with Gasteiger partial charge in [-0.3, -0.25) is 9.48 Å². The van der Waals surface area contributed by atoms with E-state index in [9.17, 15) is 4.79 Å². The molecule has 2 heterocycles. The second-order valence-corrected chi connectivity index (χ2v) is 4.45. The summed E-state index contributed by atoms with van der Waals surface area (Å²) in [6.45, 7) is 5.93. The molecule has 7 heteroatoms. The molecule has 0 fully saturated rings. The van der Waals surface area contributed by atoms with E-state index in [0.717, 1.165) is 17.1 Å². The lowest BCUT2D eigenvalue weighted by Crippen LogP contribution is -2.27. The summed E-state index contributed by atoms with van der Waals surface area (Å²) >= 11 is 0. The summed E-state index contributed by atoms with van der Waals surface area (Å²) in [5, 5.41) is 10.7. The van der Waals surface area contributed by atoms with Gasteiger partial charge in [0, 0.05) is 6.07 Å². The molecule has 1 amide bonds. The standard InChI is InChI=1S/C12H17N5O2/c1-7-4-10(19-16-7)5-14-11(18)6-17-9(3)12(13)8(2)15-17/h4H,5-6,13H2,1-3H3,(H,14,18). The SMILES string of the molecule is Cc1cc(CNC(=O)Cn2nc(C)c(N)c2C)on1. The Hall–Kier alpha value is -2.31. The maximum Gasteiger partial charge on any atom is 0.242 e. The number of aryl methyl sites for hydroxylation is 2. The molecule has 102 valence electrons. The second kappa shape index (κ2) is 5.13. The van der Waals surface area contributed by atoms with E-state index in [-0.39, 0.29) is 12.5 Å². The largest absolute Gasteiger partial charge is 0.396 e. The Bertz CT molecular complexity index is 599. The van der Waals surface area contributed by atoms with Gasteiger partial charge in [0.1, 0.15) is 6.54 Å². The van der Waals surface area contributed by atoms with E-state index in [4.69, 9.17) is 10.3 Å². The van der Waals surface area contributed by atoms with E-state index in [1.165, 1.54) is 0 Å². The Labute approximate surface area is 110 Å². The Kier molecular flexibility index (Phi) is 3.55. The number of carbonyl (C=O) groups excluding carboxylic acids is 1. The van der Waals surface area contributed by atoms with Gasteiger partial charge in [-0.1, -0.05) is 5.16 Å². The Morgan fingerprint density at radius 2 is 2.21 bits per heavy atom. The molecule has 0 bridgehead atoms. The lowest BCUT2D eigenvalue weighted by atomic mass is 10.3. The van der Waals surface area contributed by atoms with E-state index < -0.39 is 0 Å². The number of amides is 1. The van der Waals surface area contributed by atoms with E-state index in [1.807, 2.05) is 20.8 Å². The monoisotopic (exact) mass is 263 g/mol. The van der Waals surface area contributed by atoms with Gasteiger partial charge in [-0.05, 0) is 20.8 Å². The van der Waals surface area contributed by atoms with Crippen molar-refractivity contribution in [1.82, 2.24) is 20.3 Å². The number of carbonyl (C=O) groups is 1. The fourth-order valence-corrected chi connectivity index (χ4v) is 1.74. The van der Waals surface area contributed by atoms with Crippen LogP contribution in [0, 0.1) is 20.8 Å². The molecule has 0 aliphatic heterocycles. The highest BCUT2D eigenvalue weighted by molar-refractivity contribution is 5.75. The highest BCUT2D eigenvalue weighted by Crippen LogP contribution is 2.14. The number of hydrogen-bond acceptors (Lipinski definition) is 5. The molecule has 0 radical (unpaired) electrons. The number of hydrogen-bond donors (Lipinski definition) is 2. The number of nitrogens with zero attached hydrogens (tertiary/aromatic N) is 3. The van der Waals surface area contributed by atoms with Crippen LogP contribution in [0.1, 0.15) is 22.8 Å². The molecular formula is C12H17N5O2. The van der Waals surface area contributed by atoms with Crippen molar-refractivity contribution in [2.75, 3.05) is 5.73 Å². The van der Waals surface area contributed by atoms with Crippen LogP contribution in [0.2, 0.25) is 0 Å². The number of nitrogens with one attached hydrogen (secondary N) is 1. The van der Waals surface area contributed by atoms with E-state index in [0.29, 0.717) is 18.0 Å². The molecule has 0 atom stereocenters. The zero-order valence-electron chi connectivity index (χ0n) is 11.2. The summed E-state index contributed by atoms with van der Waals surface area (Å²) in [7, 11) is 0. The Balaban J connectivity index is 1.92. The molecular weight excluding hydrogens is 246 g/mol. The predicted molar refractivity (Wildman–Crippen MR) is 69.2 cm³/mol. The highest BCUT2D eigenvalue weighted by Gasteiger charge is 2.11. The minimum absolute atomic E-state index is 0.136. The second-order valence-electron chi connectivity index (χ2n) is 4.45. The number of nitrogens with two attached hydrogens (primary N) is 1. The fraction of sp³-hybridized carbons (Fsp3) is 0.417. The van der Waals surface area contributed by atoms with Gasteiger partial charge in [-0.15, -0.1) is 0 Å². The van der Waals surface area contributed by atoms with Crippen LogP contribution >= 0.6 is 0 Å². The molecule has 0 spiro atoms. The lowest BCUT2D eigenvalue weighted by molar-refractivity contribution is -0.122. The summed E-state index contributed by atoms with van der Waals surface area (Å²) in [6, 6.07) is 1.78. The molecule has 3 N–H and O–H groups in total. The van der Waals surface area contributed by atoms with Gasteiger partial charge < -0.3 is 15.6 Å². The Morgan fingerprint density at radius 1 is 1.47 bits per heavy atom. The first-order valence-electron chi connectivity index (χ1n) is 5.95. The molecule has 19 heavy (non-hydrogen) atoms. The van der Waals surface area contributed by atoms with Gasteiger partial charge >= 0.3 is 0 Å². The average Bonchev–Trinajstić information content (AvgIpc) is 2.88. The van der Waals surface area contributed by atoms with Gasteiger partial charge in [-0.2, -0.15) is 5.10 Å². The molecule has 2 aromatic heterocycles. The summed E-state index contributed by atoms with van der Waals surface area (Å²) < 4.78 is 6.59. The maximum absolute atomic E-state index is 11.8. The molecule has 0 saturated carbocycles. The molecule has 0 unspecified atom stereocenters. The van der Waals surface area contributed by atoms with Gasteiger partial charge in [-0.25, -0.2) is 0 Å². The van der Waals surface area contributed by atoms with Crippen molar-refractivity contribution in [2.45, 2.75) is 33.9 Å². The Morgan fingerprint density at radius 3 is 2.74 bits per heavy atom. The molecule has 0 aliphatic carbocycles. The minimum atomic E-state index is -0.153. The first-order valence-corrected chi connectivity index (χ1v) is 5.95. The molecule has 0 saturated heterocycles. The van der Waals surface area contributed by atoms with Crippen LogP contribution in [0.25, 0.3) is 0 Å². The van der Waals surface area contributed by atoms with Crippen molar-refractivity contribution in [2.24, 2.45) is 0 Å². The summed E-state index contributed by atoms with van der Waals surface area (Å²) in [5.41, 5.74) is 8.75. The minimum Gasteiger partial charge on any atom is -0.396 e. The van der Waals surface area contributed by atoms with Crippen LogP contribution in [0.3, 0.4) is 0 Å². The zero-order chi connectivity index (χ0) is 14.0. The van der Waals surface area contributed by atoms with Crippen molar-refractivity contribution in [1.29, 1.82) is 0 Å². The van der Waals surface area contributed by atoms with Crippen LogP contribution in [-0.2, 0) is 17.9 Å². The van der Waals surface area contributed by atoms with Crippen LogP contribution < -0.4 is 11.1 Å². The van der Waals surface area contributed by atoms with Gasteiger partial charge in [0.15, 0.2) is 5.76 Å². The summed E-state index contributed by atoms with van der Waals surface area (Å²) in [4.78, 5) is 11.8. The molecule has 2 aromatic rings. The van der Waals surface area contributed by atoms with Gasteiger partial charge in [0.25, 0.3) is 0 Å². The van der Waals surface area contributed by atoms with Crippen molar-refractivity contribution in [3.05, 3.63) is 28.9 Å². The number of anilines is 1. The maximum atomic E-state index is 11.8. The van der Waals surface area contributed by atoms with E-state index >= 15 is 0 Å². The highest BCUT2D eigenvalue weighted by atomic mass is 16.5. The molecule has 0 aromatic carbocycles. The van der Waals surface area contributed by atoms with Crippen molar-refractivity contribution in [3.8, 4) is 0 Å². The number of rotatable bonds is 4. The third kappa shape index (κ3) is 2.93. The number of aromatic nitrogens is 3. The fourth-order valence-electron chi connectivity index (χ4n) is 1.74. The van der Waals surface area contributed by atoms with Crippen molar-refractivity contribution >= 4 is 11.6 Å². The van der Waals surface area contributed by atoms with Crippen LogP contribution in [0.4, 0.5) is 5.69 Å². The quantitative estimate of drug-likeness (QED) is 0.845. The van der Waals surface area contributed by atoms with Crippen LogP contribution in [0.15, 0.2) is 10.6 Å². The van der Waals surface area contributed by atoms with Crippen LogP contribution in [-0.4, -0.2) is 20.8 Å². The molecule has 7 nitrogen and oxygen atoms in total. The average molecular weight is 263 g/mol. The molecule has 2 rings (SSSR count). The smallest absolute Gasteiger partial charge is 0.242 e. The van der Waals surface area contributed by atoms with Gasteiger partial charge in [0.2, 0.25) is 5.91 Å². The topological polar surface area (TPSA) is 99.0 Å². The van der Waals surface area contributed by atoms with Crippen molar-refractivity contribution in [3.63, 3.8) is 0 Å². The van der Waals surface area contributed by atoms with E-state index in [1.54, 1.807) is 10.7 Å².